The Hall–Kier alpha value is -1.85. The highest BCUT2D eigenvalue weighted by molar-refractivity contribution is 5.88. The molecule has 5 nitrogen and oxygen atoms in total. The predicted octanol–water partition coefficient (Wildman–Crippen LogP) is 3.83. The molecule has 3 aliphatic rings. The number of nitrogens with zero attached hydrogens (tertiary/aromatic N) is 2. The lowest BCUT2D eigenvalue weighted by Crippen LogP contribution is -2.39. The van der Waals surface area contributed by atoms with Crippen LogP contribution >= 0.6 is 0 Å². The SMILES string of the molecule is Cc1cc2c3c(c(NC4CC(O)C4)nc2cc1OCCCN1CCCC1)CCC3. The van der Waals surface area contributed by atoms with Crippen LogP contribution in [0.4, 0.5) is 5.82 Å². The van der Waals surface area contributed by atoms with Gasteiger partial charge >= 0.3 is 0 Å². The number of hydrogen-bond donors (Lipinski definition) is 2. The van der Waals surface area contributed by atoms with Gasteiger partial charge in [-0.3, -0.25) is 0 Å². The molecule has 1 saturated carbocycles. The van der Waals surface area contributed by atoms with Crippen LogP contribution in [0.15, 0.2) is 12.1 Å². The van der Waals surface area contributed by atoms with Crippen LogP contribution in [-0.2, 0) is 12.8 Å². The van der Waals surface area contributed by atoms with Crippen molar-refractivity contribution in [1.82, 2.24) is 9.88 Å². The molecule has 29 heavy (non-hydrogen) atoms. The molecule has 2 N–H and O–H groups in total. The zero-order chi connectivity index (χ0) is 19.8. The van der Waals surface area contributed by atoms with Gasteiger partial charge in [-0.05, 0) is 94.1 Å². The number of ether oxygens (including phenoxy) is 1. The van der Waals surface area contributed by atoms with Crippen molar-refractivity contribution in [3.05, 3.63) is 28.8 Å². The van der Waals surface area contributed by atoms with Gasteiger partial charge in [0.2, 0.25) is 0 Å². The Labute approximate surface area is 173 Å². The first-order valence-electron chi connectivity index (χ1n) is 11.4. The number of benzene rings is 1. The van der Waals surface area contributed by atoms with E-state index < -0.39 is 0 Å². The van der Waals surface area contributed by atoms with Crippen LogP contribution in [0.3, 0.4) is 0 Å². The smallest absolute Gasteiger partial charge is 0.130 e. The molecular formula is C24H33N3O2. The second kappa shape index (κ2) is 8.11. The van der Waals surface area contributed by atoms with Gasteiger partial charge < -0.3 is 20.1 Å². The quantitative estimate of drug-likeness (QED) is 0.698. The van der Waals surface area contributed by atoms with Gasteiger partial charge in [-0.25, -0.2) is 4.98 Å². The first-order chi connectivity index (χ1) is 14.2. The Bertz CT molecular complexity index is 886. The third-order valence-electron chi connectivity index (χ3n) is 6.88. The van der Waals surface area contributed by atoms with Crippen molar-refractivity contribution >= 4 is 16.7 Å². The zero-order valence-electron chi connectivity index (χ0n) is 17.5. The summed E-state index contributed by atoms with van der Waals surface area (Å²) in [5, 5.41) is 14.5. The Morgan fingerprint density at radius 3 is 2.72 bits per heavy atom. The summed E-state index contributed by atoms with van der Waals surface area (Å²) in [5.41, 5.74) is 5.09. The second-order valence-corrected chi connectivity index (χ2v) is 9.12. The highest BCUT2D eigenvalue weighted by Crippen LogP contribution is 2.37. The summed E-state index contributed by atoms with van der Waals surface area (Å²) in [6.07, 6.45) is 8.70. The molecule has 0 unspecified atom stereocenters. The summed E-state index contributed by atoms with van der Waals surface area (Å²) in [6, 6.07) is 4.77. The molecule has 1 saturated heterocycles. The molecule has 2 fully saturated rings. The van der Waals surface area contributed by atoms with E-state index in [4.69, 9.17) is 9.72 Å². The predicted molar refractivity (Wildman–Crippen MR) is 117 cm³/mol. The minimum Gasteiger partial charge on any atom is -0.493 e. The number of fused-ring (bicyclic) bond motifs is 3. The Balaban J connectivity index is 1.34. The number of nitrogens with one attached hydrogen (secondary N) is 1. The number of pyridine rings is 1. The van der Waals surface area contributed by atoms with Crippen LogP contribution in [0.2, 0.25) is 0 Å². The molecule has 156 valence electrons. The van der Waals surface area contributed by atoms with Crippen LogP contribution in [-0.4, -0.2) is 53.4 Å². The maximum Gasteiger partial charge on any atom is 0.130 e. The van der Waals surface area contributed by atoms with Crippen molar-refractivity contribution in [3.63, 3.8) is 0 Å². The first-order valence-corrected chi connectivity index (χ1v) is 11.4. The number of aliphatic hydroxyl groups is 1. The average Bonchev–Trinajstić information content (AvgIpc) is 3.37. The fourth-order valence-electron chi connectivity index (χ4n) is 5.15. The Kier molecular flexibility index (Phi) is 5.35. The van der Waals surface area contributed by atoms with E-state index in [2.05, 4.69) is 29.3 Å². The molecule has 0 spiro atoms. The van der Waals surface area contributed by atoms with Crippen molar-refractivity contribution in [2.24, 2.45) is 0 Å². The molecule has 1 aliphatic heterocycles. The van der Waals surface area contributed by atoms with E-state index in [9.17, 15) is 5.11 Å². The van der Waals surface area contributed by atoms with Gasteiger partial charge in [0.1, 0.15) is 11.6 Å². The maximum absolute atomic E-state index is 9.62. The van der Waals surface area contributed by atoms with Crippen molar-refractivity contribution in [3.8, 4) is 5.75 Å². The molecule has 5 rings (SSSR count). The molecule has 1 aromatic heterocycles. The topological polar surface area (TPSA) is 57.6 Å². The standard InChI is InChI=1S/C24H33N3O2/c1-16-12-21-19-6-4-7-20(19)24(25-17-13-18(28)14-17)26-22(21)15-23(16)29-11-5-10-27-8-2-3-9-27/h12,15,17-18,28H,2-11,13-14H2,1H3,(H,25,26). The van der Waals surface area contributed by atoms with Gasteiger partial charge in [0.15, 0.2) is 0 Å². The van der Waals surface area contributed by atoms with Crippen molar-refractivity contribution in [2.45, 2.75) is 70.4 Å². The highest BCUT2D eigenvalue weighted by atomic mass is 16.5. The molecule has 0 radical (unpaired) electrons. The second-order valence-electron chi connectivity index (χ2n) is 9.12. The van der Waals surface area contributed by atoms with Crippen LogP contribution in [0.25, 0.3) is 10.9 Å². The van der Waals surface area contributed by atoms with E-state index in [1.165, 1.54) is 54.4 Å². The van der Waals surface area contributed by atoms with Crippen LogP contribution in [0.1, 0.15) is 55.2 Å². The van der Waals surface area contributed by atoms with Crippen molar-refractivity contribution in [2.75, 3.05) is 31.6 Å². The number of hydrogen-bond acceptors (Lipinski definition) is 5. The summed E-state index contributed by atoms with van der Waals surface area (Å²) in [4.78, 5) is 7.54. The Morgan fingerprint density at radius 2 is 1.93 bits per heavy atom. The molecule has 1 aromatic carbocycles. The molecule has 0 bridgehead atoms. The molecule has 2 aromatic rings. The fraction of sp³-hybridized carbons (Fsp3) is 0.625. The van der Waals surface area contributed by atoms with Crippen LogP contribution in [0.5, 0.6) is 5.75 Å². The highest BCUT2D eigenvalue weighted by Gasteiger charge is 2.29. The lowest BCUT2D eigenvalue weighted by atomic mass is 9.89. The fourth-order valence-corrected chi connectivity index (χ4v) is 5.15. The molecule has 0 amide bonds. The van der Waals surface area contributed by atoms with Crippen LogP contribution in [0, 0.1) is 6.92 Å². The third kappa shape index (κ3) is 3.95. The number of rotatable bonds is 7. The van der Waals surface area contributed by atoms with E-state index in [0.717, 1.165) is 62.3 Å². The van der Waals surface area contributed by atoms with E-state index in [1.807, 2.05) is 0 Å². The van der Waals surface area contributed by atoms with E-state index >= 15 is 0 Å². The lowest BCUT2D eigenvalue weighted by Gasteiger charge is -2.33. The van der Waals surface area contributed by atoms with Gasteiger partial charge in [-0.2, -0.15) is 0 Å². The van der Waals surface area contributed by atoms with E-state index in [0.29, 0.717) is 6.04 Å². The minimum absolute atomic E-state index is 0.149. The molecule has 5 heteroatoms. The summed E-state index contributed by atoms with van der Waals surface area (Å²) < 4.78 is 6.17. The summed E-state index contributed by atoms with van der Waals surface area (Å²) in [5.74, 6) is 2.00. The van der Waals surface area contributed by atoms with E-state index in [1.54, 1.807) is 0 Å². The lowest BCUT2D eigenvalue weighted by molar-refractivity contribution is 0.0835. The van der Waals surface area contributed by atoms with Gasteiger partial charge in [-0.1, -0.05) is 0 Å². The minimum atomic E-state index is -0.149. The normalized spacial score (nSPS) is 23.9. The zero-order valence-corrected chi connectivity index (χ0v) is 17.5. The third-order valence-corrected chi connectivity index (χ3v) is 6.88. The summed E-state index contributed by atoms with van der Waals surface area (Å²) >= 11 is 0. The first kappa shape index (κ1) is 19.1. The van der Waals surface area contributed by atoms with Gasteiger partial charge in [0.05, 0.1) is 18.2 Å². The Morgan fingerprint density at radius 1 is 1.14 bits per heavy atom. The molecule has 2 aliphatic carbocycles. The van der Waals surface area contributed by atoms with Crippen molar-refractivity contribution in [1.29, 1.82) is 0 Å². The molecule has 2 heterocycles. The number of anilines is 1. The van der Waals surface area contributed by atoms with Gasteiger partial charge in [-0.15, -0.1) is 0 Å². The summed E-state index contributed by atoms with van der Waals surface area (Å²) in [6.45, 7) is 6.55. The van der Waals surface area contributed by atoms with Crippen LogP contribution < -0.4 is 10.1 Å². The van der Waals surface area contributed by atoms with Gasteiger partial charge in [0.25, 0.3) is 0 Å². The number of aromatic nitrogens is 1. The number of aliphatic hydroxyl groups excluding tert-OH is 1. The van der Waals surface area contributed by atoms with Crippen molar-refractivity contribution < 1.29 is 9.84 Å². The largest absolute Gasteiger partial charge is 0.493 e. The maximum atomic E-state index is 9.62. The number of likely N-dealkylation sites (tertiary alicyclic amines) is 1. The van der Waals surface area contributed by atoms with E-state index in [-0.39, 0.29) is 6.10 Å². The van der Waals surface area contributed by atoms with Gasteiger partial charge in [0, 0.05) is 24.0 Å². The monoisotopic (exact) mass is 395 g/mol. The molecular weight excluding hydrogens is 362 g/mol. The number of aryl methyl sites for hydroxylation is 2. The molecule has 0 atom stereocenters. The average molecular weight is 396 g/mol. The summed E-state index contributed by atoms with van der Waals surface area (Å²) in [7, 11) is 0.